The van der Waals surface area contributed by atoms with Crippen LogP contribution in [0.4, 0.5) is 5.69 Å². The minimum absolute atomic E-state index is 0.290. The molecule has 1 aromatic heterocycles. The lowest BCUT2D eigenvalue weighted by Crippen LogP contribution is -2.18. The van der Waals surface area contributed by atoms with Crippen molar-refractivity contribution in [3.8, 4) is 0 Å². The molecule has 3 N–H and O–H groups in total. The largest absolute Gasteiger partial charge is 0.376 e. The third kappa shape index (κ3) is 1.56. The number of nitrogens with one attached hydrogen (secondary N) is 1. The summed E-state index contributed by atoms with van der Waals surface area (Å²) in [6.07, 6.45) is 2.02. The van der Waals surface area contributed by atoms with Gasteiger partial charge in [-0.2, -0.15) is 0 Å². The first-order valence-corrected chi connectivity index (χ1v) is 4.69. The van der Waals surface area contributed by atoms with Crippen LogP contribution in [-0.4, -0.2) is 9.68 Å². The number of anilines is 1. The number of thiocarbonyl (C=S) groups is 1. The molecule has 4 heteroatoms. The predicted molar refractivity (Wildman–Crippen MR) is 63.3 cm³/mol. The van der Waals surface area contributed by atoms with E-state index in [9.17, 15) is 0 Å². The number of nitrogens with zero attached hydrogens (tertiary/aromatic N) is 1. The SMILES string of the molecule is Cn1ccc2ccc(NC(N)=S)cc21. The van der Waals surface area contributed by atoms with Gasteiger partial charge in [0, 0.05) is 24.4 Å². The standard InChI is InChI=1S/C10H11N3S/c1-13-5-4-7-2-3-8(6-9(7)13)12-10(11)14/h2-6H,1H3,(H3,11,12,14). The van der Waals surface area contributed by atoms with Crippen LogP contribution in [0.15, 0.2) is 30.5 Å². The summed E-state index contributed by atoms with van der Waals surface area (Å²) in [6, 6.07) is 8.09. The number of benzene rings is 1. The van der Waals surface area contributed by atoms with Crippen LogP contribution in [0.1, 0.15) is 0 Å². The monoisotopic (exact) mass is 205 g/mol. The smallest absolute Gasteiger partial charge is 0.168 e. The summed E-state index contributed by atoms with van der Waals surface area (Å²) >= 11 is 4.77. The zero-order chi connectivity index (χ0) is 10.1. The molecule has 0 aliphatic rings. The highest BCUT2D eigenvalue weighted by Gasteiger charge is 1.99. The average Bonchev–Trinajstić information content (AvgIpc) is 2.47. The molecular formula is C10H11N3S. The fourth-order valence-electron chi connectivity index (χ4n) is 1.48. The van der Waals surface area contributed by atoms with Crippen molar-refractivity contribution in [2.75, 3.05) is 5.32 Å². The summed E-state index contributed by atoms with van der Waals surface area (Å²) in [7, 11) is 2.01. The molecule has 1 aromatic carbocycles. The maximum Gasteiger partial charge on any atom is 0.168 e. The second-order valence-corrected chi connectivity index (χ2v) is 3.63. The van der Waals surface area contributed by atoms with E-state index in [1.54, 1.807) is 0 Å². The predicted octanol–water partition coefficient (Wildman–Crippen LogP) is 1.83. The number of hydrogen-bond acceptors (Lipinski definition) is 1. The molecule has 0 aliphatic carbocycles. The van der Waals surface area contributed by atoms with Gasteiger partial charge in [0.05, 0.1) is 0 Å². The van der Waals surface area contributed by atoms with Crippen molar-refractivity contribution >= 4 is 33.9 Å². The Balaban J connectivity index is 2.49. The van der Waals surface area contributed by atoms with E-state index in [-0.39, 0.29) is 0 Å². The Labute approximate surface area is 87.5 Å². The van der Waals surface area contributed by atoms with E-state index < -0.39 is 0 Å². The molecule has 0 spiro atoms. The Hall–Kier alpha value is -1.55. The van der Waals surface area contributed by atoms with Crippen LogP contribution in [0.5, 0.6) is 0 Å². The van der Waals surface area contributed by atoms with Gasteiger partial charge >= 0.3 is 0 Å². The van der Waals surface area contributed by atoms with E-state index in [0.717, 1.165) is 11.2 Å². The summed E-state index contributed by atoms with van der Waals surface area (Å²) in [5.74, 6) is 0. The van der Waals surface area contributed by atoms with Gasteiger partial charge in [0.15, 0.2) is 5.11 Å². The summed E-state index contributed by atoms with van der Waals surface area (Å²) in [5, 5.41) is 4.41. The van der Waals surface area contributed by atoms with E-state index in [0.29, 0.717) is 5.11 Å². The van der Waals surface area contributed by atoms with E-state index >= 15 is 0 Å². The molecule has 0 radical (unpaired) electrons. The molecule has 0 amide bonds. The third-order valence-electron chi connectivity index (χ3n) is 2.16. The lowest BCUT2D eigenvalue weighted by Gasteiger charge is -2.04. The molecule has 0 bridgehead atoms. The van der Waals surface area contributed by atoms with E-state index in [1.165, 1.54) is 5.39 Å². The highest BCUT2D eigenvalue weighted by molar-refractivity contribution is 7.80. The summed E-state index contributed by atoms with van der Waals surface area (Å²) < 4.78 is 2.06. The molecule has 0 unspecified atom stereocenters. The van der Waals surface area contributed by atoms with E-state index in [1.807, 2.05) is 31.4 Å². The number of fused-ring (bicyclic) bond motifs is 1. The lowest BCUT2D eigenvalue weighted by atomic mass is 10.2. The van der Waals surface area contributed by atoms with Crippen molar-refractivity contribution in [2.24, 2.45) is 12.8 Å². The molecule has 0 fully saturated rings. The average molecular weight is 205 g/mol. The number of nitrogens with two attached hydrogens (primary N) is 1. The molecule has 14 heavy (non-hydrogen) atoms. The summed E-state index contributed by atoms with van der Waals surface area (Å²) in [5.41, 5.74) is 7.48. The molecule has 3 nitrogen and oxygen atoms in total. The molecule has 0 aliphatic heterocycles. The Morgan fingerprint density at radius 3 is 2.93 bits per heavy atom. The molecule has 2 rings (SSSR count). The van der Waals surface area contributed by atoms with Crippen LogP contribution in [0.3, 0.4) is 0 Å². The second kappa shape index (κ2) is 3.31. The number of aryl methyl sites for hydroxylation is 1. The van der Waals surface area contributed by atoms with Gasteiger partial charge in [-0.1, -0.05) is 6.07 Å². The third-order valence-corrected chi connectivity index (χ3v) is 2.26. The molecule has 0 saturated heterocycles. The van der Waals surface area contributed by atoms with Crippen LogP contribution >= 0.6 is 12.2 Å². The number of rotatable bonds is 1. The quantitative estimate of drug-likeness (QED) is 0.698. The molecule has 2 aromatic rings. The first kappa shape index (κ1) is 9.02. The van der Waals surface area contributed by atoms with Gasteiger partial charge in [-0.05, 0) is 35.8 Å². The zero-order valence-corrected chi connectivity index (χ0v) is 8.64. The van der Waals surface area contributed by atoms with Crippen LogP contribution < -0.4 is 11.1 Å². The Bertz CT molecular complexity index is 487. The maximum atomic E-state index is 5.40. The van der Waals surface area contributed by atoms with E-state index in [4.69, 9.17) is 18.0 Å². The Kier molecular flexibility index (Phi) is 2.13. The Morgan fingerprint density at radius 1 is 1.43 bits per heavy atom. The fourth-order valence-corrected chi connectivity index (χ4v) is 1.60. The van der Waals surface area contributed by atoms with Crippen LogP contribution in [0.25, 0.3) is 10.9 Å². The topological polar surface area (TPSA) is 43.0 Å². The zero-order valence-electron chi connectivity index (χ0n) is 7.82. The first-order valence-electron chi connectivity index (χ1n) is 4.28. The van der Waals surface area contributed by atoms with Crippen LogP contribution in [0.2, 0.25) is 0 Å². The molecule has 72 valence electrons. The summed E-state index contributed by atoms with van der Waals surface area (Å²) in [4.78, 5) is 0. The van der Waals surface area contributed by atoms with Gasteiger partial charge in [-0.25, -0.2) is 0 Å². The molecule has 0 saturated carbocycles. The maximum absolute atomic E-state index is 5.40. The van der Waals surface area contributed by atoms with Gasteiger partial charge in [0.25, 0.3) is 0 Å². The van der Waals surface area contributed by atoms with Gasteiger partial charge in [-0.3, -0.25) is 0 Å². The minimum Gasteiger partial charge on any atom is -0.376 e. The number of aromatic nitrogens is 1. The van der Waals surface area contributed by atoms with Crippen molar-refractivity contribution in [3.63, 3.8) is 0 Å². The van der Waals surface area contributed by atoms with E-state index in [2.05, 4.69) is 16.0 Å². The van der Waals surface area contributed by atoms with Gasteiger partial charge in [0.2, 0.25) is 0 Å². The van der Waals surface area contributed by atoms with Crippen LogP contribution in [-0.2, 0) is 7.05 Å². The first-order chi connectivity index (χ1) is 6.66. The second-order valence-electron chi connectivity index (χ2n) is 3.19. The normalized spacial score (nSPS) is 10.4. The fraction of sp³-hybridized carbons (Fsp3) is 0.100. The van der Waals surface area contributed by atoms with Gasteiger partial charge in [-0.15, -0.1) is 0 Å². The highest BCUT2D eigenvalue weighted by Crippen LogP contribution is 2.19. The van der Waals surface area contributed by atoms with Crippen LogP contribution in [0, 0.1) is 0 Å². The minimum atomic E-state index is 0.290. The van der Waals surface area contributed by atoms with Crippen molar-refractivity contribution in [2.45, 2.75) is 0 Å². The van der Waals surface area contributed by atoms with Crippen molar-refractivity contribution < 1.29 is 0 Å². The molecular weight excluding hydrogens is 194 g/mol. The van der Waals surface area contributed by atoms with Gasteiger partial charge in [0.1, 0.15) is 0 Å². The highest BCUT2D eigenvalue weighted by atomic mass is 32.1. The molecule has 0 atom stereocenters. The van der Waals surface area contributed by atoms with Crippen molar-refractivity contribution in [3.05, 3.63) is 30.5 Å². The summed E-state index contributed by atoms with van der Waals surface area (Å²) in [6.45, 7) is 0. The van der Waals surface area contributed by atoms with Gasteiger partial charge < -0.3 is 15.6 Å². The van der Waals surface area contributed by atoms with Crippen molar-refractivity contribution in [1.82, 2.24) is 4.57 Å². The Morgan fingerprint density at radius 2 is 2.21 bits per heavy atom. The lowest BCUT2D eigenvalue weighted by molar-refractivity contribution is 0.969. The number of hydrogen-bond donors (Lipinski definition) is 2. The van der Waals surface area contributed by atoms with Crippen molar-refractivity contribution in [1.29, 1.82) is 0 Å². The molecule has 1 heterocycles.